The third-order valence-electron chi connectivity index (χ3n) is 11.8. The summed E-state index contributed by atoms with van der Waals surface area (Å²) in [7, 11) is 0. The van der Waals surface area contributed by atoms with Crippen LogP contribution in [0.5, 0.6) is 0 Å². The fourth-order valence-electron chi connectivity index (χ4n) is 10.4. The van der Waals surface area contributed by atoms with Gasteiger partial charge in [-0.1, -0.05) is 53.9 Å². The van der Waals surface area contributed by atoms with Crippen LogP contribution in [0.1, 0.15) is 105 Å². The first-order valence-corrected chi connectivity index (χ1v) is 13.0. The average Bonchev–Trinajstić information content (AvgIpc) is 3.17. The summed E-state index contributed by atoms with van der Waals surface area (Å²) in [6.07, 6.45) is 13.8. The lowest BCUT2D eigenvalue weighted by atomic mass is 9.44. The summed E-state index contributed by atoms with van der Waals surface area (Å²) in [4.78, 5) is 0. The molecule has 1 unspecified atom stereocenters. The Morgan fingerprint density at radius 1 is 0.862 bits per heavy atom. The maximum absolute atomic E-state index is 11.4. The van der Waals surface area contributed by atoms with Gasteiger partial charge in [-0.05, 0) is 97.2 Å². The Morgan fingerprint density at radius 3 is 2.31 bits per heavy atom. The summed E-state index contributed by atoms with van der Waals surface area (Å²) in [6.45, 7) is 12.3. The Hall–Kier alpha value is -0.0800. The number of aliphatic hydroxyl groups is 2. The van der Waals surface area contributed by atoms with Crippen molar-refractivity contribution in [2.24, 2.45) is 57.7 Å². The molecule has 1 spiro atoms. The molecule has 0 amide bonds. The van der Waals surface area contributed by atoms with Crippen LogP contribution in [0.4, 0.5) is 0 Å². The van der Waals surface area contributed by atoms with Crippen LogP contribution in [0, 0.1) is 57.7 Å². The molecule has 166 valence electrons. The van der Waals surface area contributed by atoms with Crippen LogP contribution in [0.25, 0.3) is 0 Å². The smallest absolute Gasteiger partial charge is 0.169 e. The van der Waals surface area contributed by atoms with Crippen molar-refractivity contribution in [2.75, 3.05) is 0 Å². The Bertz CT molecular complexity index is 655. The Kier molecular flexibility index (Phi) is 4.64. The summed E-state index contributed by atoms with van der Waals surface area (Å²) < 4.78 is 0. The Morgan fingerprint density at radius 2 is 1.62 bits per heavy atom. The Labute approximate surface area is 179 Å². The highest BCUT2D eigenvalue weighted by molar-refractivity contribution is 5.27. The molecule has 5 aliphatic carbocycles. The lowest BCUT2D eigenvalue weighted by Crippen LogP contribution is -2.62. The highest BCUT2D eigenvalue weighted by Gasteiger charge is 2.81. The molecule has 0 aromatic heterocycles. The van der Waals surface area contributed by atoms with Crippen molar-refractivity contribution in [2.45, 2.75) is 111 Å². The van der Waals surface area contributed by atoms with Crippen molar-refractivity contribution in [3.8, 4) is 0 Å². The van der Waals surface area contributed by atoms with Crippen molar-refractivity contribution >= 4 is 0 Å². The molecule has 9 atom stereocenters. The van der Waals surface area contributed by atoms with Crippen LogP contribution >= 0.6 is 0 Å². The molecule has 5 aliphatic rings. The monoisotopic (exact) mass is 402 g/mol. The topological polar surface area (TPSA) is 40.5 Å². The van der Waals surface area contributed by atoms with Gasteiger partial charge in [0.1, 0.15) is 0 Å². The molecule has 0 aromatic carbocycles. The molecule has 0 bridgehead atoms. The third kappa shape index (κ3) is 2.60. The van der Waals surface area contributed by atoms with Crippen LogP contribution in [-0.4, -0.2) is 16.0 Å². The highest BCUT2D eigenvalue weighted by Crippen LogP contribution is 2.83. The predicted molar refractivity (Wildman–Crippen MR) is 118 cm³/mol. The van der Waals surface area contributed by atoms with Gasteiger partial charge in [-0.15, -0.1) is 0 Å². The fourth-order valence-corrected chi connectivity index (χ4v) is 10.4. The van der Waals surface area contributed by atoms with E-state index in [2.05, 4.69) is 34.6 Å². The summed E-state index contributed by atoms with van der Waals surface area (Å²) in [6, 6.07) is 0. The molecule has 0 aliphatic heterocycles. The van der Waals surface area contributed by atoms with Crippen molar-refractivity contribution < 1.29 is 10.2 Å². The van der Waals surface area contributed by atoms with Gasteiger partial charge in [-0.25, -0.2) is 0 Å². The van der Waals surface area contributed by atoms with Crippen molar-refractivity contribution in [1.29, 1.82) is 0 Å². The van der Waals surface area contributed by atoms with E-state index in [1.165, 1.54) is 57.8 Å². The second kappa shape index (κ2) is 6.47. The van der Waals surface area contributed by atoms with E-state index < -0.39 is 5.79 Å². The molecule has 2 nitrogen and oxygen atoms in total. The second-order valence-electron chi connectivity index (χ2n) is 13.3. The molecule has 0 heterocycles. The van der Waals surface area contributed by atoms with Crippen molar-refractivity contribution in [3.63, 3.8) is 0 Å². The van der Waals surface area contributed by atoms with Crippen LogP contribution in [0.2, 0.25) is 0 Å². The minimum absolute atomic E-state index is 0.156. The van der Waals surface area contributed by atoms with Gasteiger partial charge in [0.25, 0.3) is 0 Å². The van der Waals surface area contributed by atoms with Crippen LogP contribution in [0.15, 0.2) is 0 Å². The first kappa shape index (κ1) is 20.8. The van der Waals surface area contributed by atoms with Gasteiger partial charge in [-0.3, -0.25) is 0 Å². The maximum Gasteiger partial charge on any atom is 0.169 e. The van der Waals surface area contributed by atoms with E-state index in [1.54, 1.807) is 0 Å². The summed E-state index contributed by atoms with van der Waals surface area (Å²) in [5, 5.41) is 22.7. The second-order valence-corrected chi connectivity index (χ2v) is 13.3. The van der Waals surface area contributed by atoms with E-state index in [0.717, 1.165) is 30.1 Å². The van der Waals surface area contributed by atoms with Gasteiger partial charge in [0.05, 0.1) is 0 Å². The largest absolute Gasteiger partial charge is 0.365 e. The molecule has 2 N–H and O–H groups in total. The third-order valence-corrected chi connectivity index (χ3v) is 11.8. The SMILES string of the molecule is CC(C)CCC[C@@H](C)[C@H]1CC[C@H]2[C@@H]3CC(O)(O)[C@]45C[C@H]4CCC5(C)[C@H]3CC[C@]12C. The highest BCUT2D eigenvalue weighted by atomic mass is 16.5. The molecular weight excluding hydrogens is 356 g/mol. The van der Waals surface area contributed by atoms with E-state index in [9.17, 15) is 10.2 Å². The molecule has 0 aromatic rings. The molecular formula is C27H46O2. The van der Waals surface area contributed by atoms with Gasteiger partial charge in [-0.2, -0.15) is 0 Å². The standard InChI is InChI=1S/C27H46O2/c1-17(2)7-6-8-18(3)21-9-10-22-20-16-27(28,29)26-15-19(26)11-14-25(26,5)23(20)12-13-24(21,22)4/h17-23,28-29H,6-16H2,1-5H3/t18-,19-,20+,21-,22+,23+,24-,25?,26-/m1/s1. The lowest BCUT2D eigenvalue weighted by Gasteiger charge is -2.62. The van der Waals surface area contributed by atoms with Crippen molar-refractivity contribution in [1.82, 2.24) is 0 Å². The molecule has 0 saturated heterocycles. The maximum atomic E-state index is 11.4. The van der Waals surface area contributed by atoms with E-state index >= 15 is 0 Å². The fraction of sp³-hybridized carbons (Fsp3) is 1.00. The summed E-state index contributed by atoms with van der Waals surface area (Å²) in [5.74, 6) is 3.63. The first-order valence-electron chi connectivity index (χ1n) is 13.0. The number of fused-ring (bicyclic) bond motifs is 4. The molecule has 29 heavy (non-hydrogen) atoms. The molecule has 5 rings (SSSR count). The predicted octanol–water partition coefficient (Wildman–Crippen LogP) is 6.40. The normalized spacial score (nSPS) is 53.2. The molecule has 5 fully saturated rings. The minimum Gasteiger partial charge on any atom is -0.365 e. The number of hydrogen-bond donors (Lipinski definition) is 2. The van der Waals surface area contributed by atoms with E-state index in [4.69, 9.17) is 0 Å². The number of hydrogen-bond acceptors (Lipinski definition) is 2. The van der Waals surface area contributed by atoms with E-state index in [1.807, 2.05) is 0 Å². The summed E-state index contributed by atoms with van der Waals surface area (Å²) >= 11 is 0. The molecule has 0 radical (unpaired) electrons. The van der Waals surface area contributed by atoms with E-state index in [0.29, 0.717) is 29.6 Å². The zero-order chi connectivity index (χ0) is 20.8. The first-order chi connectivity index (χ1) is 13.6. The van der Waals surface area contributed by atoms with Gasteiger partial charge in [0, 0.05) is 11.8 Å². The van der Waals surface area contributed by atoms with Crippen LogP contribution in [0.3, 0.4) is 0 Å². The average molecular weight is 403 g/mol. The zero-order valence-electron chi connectivity index (χ0n) is 19.7. The van der Waals surface area contributed by atoms with Crippen LogP contribution < -0.4 is 0 Å². The van der Waals surface area contributed by atoms with Gasteiger partial charge >= 0.3 is 0 Å². The molecule has 2 heteroatoms. The van der Waals surface area contributed by atoms with Crippen LogP contribution in [-0.2, 0) is 0 Å². The van der Waals surface area contributed by atoms with Gasteiger partial charge in [0.15, 0.2) is 5.79 Å². The number of rotatable bonds is 5. The van der Waals surface area contributed by atoms with Crippen molar-refractivity contribution in [3.05, 3.63) is 0 Å². The minimum atomic E-state index is -1.41. The lowest BCUT2D eigenvalue weighted by molar-refractivity contribution is -0.299. The van der Waals surface area contributed by atoms with Gasteiger partial charge in [0.2, 0.25) is 0 Å². The quantitative estimate of drug-likeness (QED) is 0.522. The molecule has 5 saturated carbocycles. The van der Waals surface area contributed by atoms with E-state index in [-0.39, 0.29) is 10.8 Å². The Balaban J connectivity index is 1.37. The zero-order valence-corrected chi connectivity index (χ0v) is 19.7. The summed E-state index contributed by atoms with van der Waals surface area (Å²) in [5.41, 5.74) is 0.445. The van der Waals surface area contributed by atoms with Gasteiger partial charge < -0.3 is 10.2 Å².